The lowest BCUT2D eigenvalue weighted by atomic mass is 9.92. The van der Waals surface area contributed by atoms with E-state index in [0.717, 1.165) is 38.4 Å². The van der Waals surface area contributed by atoms with E-state index in [1.165, 1.54) is 93.7 Å². The van der Waals surface area contributed by atoms with Gasteiger partial charge in [0.15, 0.2) is 17.4 Å². The van der Waals surface area contributed by atoms with Crippen LogP contribution in [0.25, 0.3) is 5.52 Å². The van der Waals surface area contributed by atoms with Crippen LogP contribution in [0.15, 0.2) is 48.8 Å². The molecule has 1 unspecified atom stereocenters. The Morgan fingerprint density at radius 1 is 1.02 bits per heavy atom. The first-order chi connectivity index (χ1) is 28.0. The molecule has 5 N–H and O–H groups in total. The Hall–Kier alpha value is -3.49. The average Bonchev–Trinajstić information content (AvgIpc) is 3.76. The molecule has 1 aromatic carbocycles. The minimum Gasteiger partial charge on any atom is -0.494 e. The number of fused-ring (bicyclic) bond motifs is 1. The molecular weight excluding hydrogens is 772 g/mol. The number of nitrogens with two attached hydrogens (primary N) is 1. The smallest absolute Gasteiger partial charge is 0.472 e. The van der Waals surface area contributed by atoms with Crippen LogP contribution in [0.4, 0.5) is 10.2 Å². The fourth-order valence-corrected chi connectivity index (χ4v) is 7.52. The van der Waals surface area contributed by atoms with Crippen LogP contribution in [0.3, 0.4) is 0 Å². The quantitative estimate of drug-likeness (QED) is 0.0313. The zero-order chi connectivity index (χ0) is 41.8. The SMILES string of the molecule is CCCCCCCC/C=C\CCCCCCCCOC[C@H](COP(=O)(O)OC[C@H]1O[C@@](C#N)(c2ccc3c(N)ncnn23)[C@H](O)[C@@H]1O)OCc1ccc(OC)c(F)c1. The summed E-state index contributed by atoms with van der Waals surface area (Å²) in [6.07, 6.45) is 16.7. The molecule has 0 aliphatic carbocycles. The summed E-state index contributed by atoms with van der Waals surface area (Å²) in [5.74, 6) is -0.370. The molecule has 0 radical (unpaired) electrons. The van der Waals surface area contributed by atoms with Gasteiger partial charge in [-0.1, -0.05) is 82.9 Å². The first-order valence-electron chi connectivity index (χ1n) is 20.4. The number of methoxy groups -OCH3 is 1. The van der Waals surface area contributed by atoms with Crippen LogP contribution in [0.2, 0.25) is 0 Å². The summed E-state index contributed by atoms with van der Waals surface area (Å²) in [4.78, 5) is 14.5. The summed E-state index contributed by atoms with van der Waals surface area (Å²) in [5, 5.41) is 36.0. The number of phosphoric ester groups is 1. The molecular formula is C41H61FN5O10P. The van der Waals surface area contributed by atoms with Crippen LogP contribution in [-0.4, -0.2) is 87.7 Å². The van der Waals surface area contributed by atoms with Crippen molar-refractivity contribution in [2.75, 3.05) is 39.3 Å². The maximum Gasteiger partial charge on any atom is 0.472 e. The van der Waals surface area contributed by atoms with E-state index in [1.54, 1.807) is 6.07 Å². The molecule has 4 rings (SSSR count). The van der Waals surface area contributed by atoms with Crippen LogP contribution < -0.4 is 10.5 Å². The Kier molecular flexibility index (Phi) is 20.0. The van der Waals surface area contributed by atoms with Gasteiger partial charge in [-0.25, -0.2) is 18.5 Å². The maximum atomic E-state index is 14.3. The average molecular weight is 834 g/mol. The molecule has 1 saturated heterocycles. The van der Waals surface area contributed by atoms with Crippen LogP contribution in [0.1, 0.15) is 108 Å². The number of unbranched alkanes of at least 4 members (excludes halogenated alkanes) is 12. The van der Waals surface area contributed by atoms with E-state index in [9.17, 15) is 29.3 Å². The van der Waals surface area contributed by atoms with Crippen molar-refractivity contribution >= 4 is 19.2 Å². The number of anilines is 1. The summed E-state index contributed by atoms with van der Waals surface area (Å²) in [5.41, 5.74) is 4.68. The lowest BCUT2D eigenvalue weighted by molar-refractivity contribution is -0.0690. The van der Waals surface area contributed by atoms with Gasteiger partial charge in [0, 0.05) is 6.61 Å². The van der Waals surface area contributed by atoms with Crippen molar-refractivity contribution in [1.82, 2.24) is 14.6 Å². The number of hydrogen-bond acceptors (Lipinski definition) is 13. The number of aliphatic hydroxyl groups is 2. The van der Waals surface area contributed by atoms with Crippen LogP contribution in [0.5, 0.6) is 5.75 Å². The van der Waals surface area contributed by atoms with E-state index < -0.39 is 56.9 Å². The molecule has 3 heterocycles. The lowest BCUT2D eigenvalue weighted by Crippen LogP contribution is -2.41. The van der Waals surface area contributed by atoms with Crippen molar-refractivity contribution in [3.63, 3.8) is 0 Å². The number of allylic oxidation sites excluding steroid dienone is 2. The molecule has 58 heavy (non-hydrogen) atoms. The second-order valence-electron chi connectivity index (χ2n) is 14.6. The normalized spacial score (nSPS) is 21.1. The minimum atomic E-state index is -4.81. The Labute approximate surface area is 340 Å². The topological polar surface area (TPSA) is 213 Å². The van der Waals surface area contributed by atoms with Crippen molar-refractivity contribution in [3.8, 4) is 11.8 Å². The number of halogens is 1. The number of rotatable bonds is 29. The van der Waals surface area contributed by atoms with Crippen LogP contribution in [-0.2, 0) is 40.0 Å². The highest BCUT2D eigenvalue weighted by Crippen LogP contribution is 2.46. The van der Waals surface area contributed by atoms with Crippen molar-refractivity contribution in [2.45, 2.75) is 133 Å². The van der Waals surface area contributed by atoms with E-state index in [2.05, 4.69) is 29.2 Å². The minimum absolute atomic E-state index is 0.0182. The highest BCUT2D eigenvalue weighted by molar-refractivity contribution is 7.47. The van der Waals surface area contributed by atoms with E-state index in [0.29, 0.717) is 17.7 Å². The highest BCUT2D eigenvalue weighted by Gasteiger charge is 2.58. The molecule has 15 nitrogen and oxygen atoms in total. The van der Waals surface area contributed by atoms with Gasteiger partial charge in [0.1, 0.15) is 42.3 Å². The van der Waals surface area contributed by atoms with Crippen molar-refractivity contribution < 1.29 is 52.1 Å². The van der Waals surface area contributed by atoms with E-state index in [4.69, 9.17) is 33.7 Å². The van der Waals surface area contributed by atoms with E-state index in [-0.39, 0.29) is 30.5 Å². The van der Waals surface area contributed by atoms with Gasteiger partial charge in [0.05, 0.1) is 39.2 Å². The number of ether oxygens (including phenoxy) is 4. The van der Waals surface area contributed by atoms with Crippen LogP contribution in [0, 0.1) is 17.1 Å². The van der Waals surface area contributed by atoms with Gasteiger partial charge < -0.3 is 39.8 Å². The molecule has 322 valence electrons. The largest absolute Gasteiger partial charge is 0.494 e. The van der Waals surface area contributed by atoms with Gasteiger partial charge in [-0.2, -0.15) is 10.4 Å². The Bertz CT molecular complexity index is 1790. The monoisotopic (exact) mass is 833 g/mol. The molecule has 0 bridgehead atoms. The second-order valence-corrected chi connectivity index (χ2v) is 16.0. The van der Waals surface area contributed by atoms with Gasteiger partial charge in [-0.15, -0.1) is 0 Å². The number of nitrogen functional groups attached to an aromatic ring is 1. The maximum absolute atomic E-state index is 14.3. The van der Waals surface area contributed by atoms with Crippen molar-refractivity contribution in [3.05, 3.63) is 65.9 Å². The van der Waals surface area contributed by atoms with Crippen molar-refractivity contribution in [1.29, 1.82) is 5.26 Å². The first-order valence-corrected chi connectivity index (χ1v) is 21.9. The number of phosphoric acid groups is 1. The number of benzene rings is 1. The van der Waals surface area contributed by atoms with E-state index >= 15 is 0 Å². The fraction of sp³-hybridized carbons (Fsp3) is 0.634. The fourth-order valence-electron chi connectivity index (χ4n) is 6.76. The summed E-state index contributed by atoms with van der Waals surface area (Å²) < 4.78 is 61.6. The third-order valence-electron chi connectivity index (χ3n) is 10.1. The Morgan fingerprint density at radius 2 is 1.71 bits per heavy atom. The molecule has 0 amide bonds. The van der Waals surface area contributed by atoms with Crippen LogP contribution >= 0.6 is 7.82 Å². The number of nitrogens with zero attached hydrogens (tertiary/aromatic N) is 4. The third kappa shape index (κ3) is 14.1. The third-order valence-corrected chi connectivity index (χ3v) is 11.1. The lowest BCUT2D eigenvalue weighted by Gasteiger charge is -2.24. The van der Waals surface area contributed by atoms with Crippen molar-refractivity contribution in [2.24, 2.45) is 0 Å². The molecule has 2 aromatic heterocycles. The standard InChI is InChI=1S/C41H61FN5O10P/c1-3-4-5-6-7-8-9-10-11-12-13-14-15-16-17-18-23-53-26-32(54-25-31-19-21-35(52-2)33(42)24-31)27-55-58(50,51)56-28-36-38(48)39(49)41(29-43,57-36)37-22-20-34-40(44)45-30-46-47(34)37/h10-11,19-22,24,30,32,36,38-39,48-49H,3-9,12-18,23,25-28H2,1-2H3,(H,50,51)(H2,44,45,46)/b11-10-/t32-,36-,38-,39-,41+/m1/s1. The zero-order valence-corrected chi connectivity index (χ0v) is 34.6. The molecule has 0 saturated carbocycles. The number of hydrogen-bond donors (Lipinski definition) is 4. The zero-order valence-electron chi connectivity index (χ0n) is 33.8. The summed E-state index contributed by atoms with van der Waals surface area (Å²) in [6, 6.07) is 9.25. The predicted molar refractivity (Wildman–Crippen MR) is 215 cm³/mol. The number of nitriles is 1. The Balaban J connectivity index is 1.21. The summed E-state index contributed by atoms with van der Waals surface area (Å²) in [7, 11) is -3.44. The summed E-state index contributed by atoms with van der Waals surface area (Å²) in [6.45, 7) is 1.50. The molecule has 6 atom stereocenters. The molecule has 1 fully saturated rings. The summed E-state index contributed by atoms with van der Waals surface area (Å²) >= 11 is 0. The molecule has 3 aromatic rings. The first kappa shape index (κ1) is 47.2. The molecule has 1 aliphatic rings. The number of aliphatic hydroxyl groups excluding tert-OH is 2. The molecule has 0 spiro atoms. The number of aromatic nitrogens is 3. The van der Waals surface area contributed by atoms with E-state index in [1.807, 2.05) is 6.07 Å². The predicted octanol–water partition coefficient (Wildman–Crippen LogP) is 7.07. The van der Waals surface area contributed by atoms with Gasteiger partial charge in [-0.05, 0) is 61.9 Å². The van der Waals surface area contributed by atoms with Gasteiger partial charge >= 0.3 is 7.82 Å². The Morgan fingerprint density at radius 3 is 2.38 bits per heavy atom. The molecule has 17 heteroatoms. The van der Waals surface area contributed by atoms with Gasteiger partial charge in [0.25, 0.3) is 0 Å². The molecule has 1 aliphatic heterocycles. The second kappa shape index (κ2) is 24.6. The van der Waals surface area contributed by atoms with Gasteiger partial charge in [-0.3, -0.25) is 9.05 Å². The van der Waals surface area contributed by atoms with Gasteiger partial charge in [0.2, 0.25) is 5.60 Å². The highest BCUT2D eigenvalue weighted by atomic mass is 31.2.